The number of carbonyl (C=O) groups excluding carboxylic acids is 2. The summed E-state index contributed by atoms with van der Waals surface area (Å²) in [6, 6.07) is 5.11. The highest BCUT2D eigenvalue weighted by Gasteiger charge is 2.39. The Morgan fingerprint density at radius 1 is 1.21 bits per heavy atom. The smallest absolute Gasteiger partial charge is 0.410 e. The summed E-state index contributed by atoms with van der Waals surface area (Å²) in [6.07, 6.45) is 3.63. The maximum absolute atomic E-state index is 12.4. The SMILES string of the molecule is Cc1cccc(O)c1[C@H]1CC[C@@H](OCC2C(=O)CCN2C(=O)OC(C)(C)C)CC1. The van der Waals surface area contributed by atoms with E-state index >= 15 is 0 Å². The summed E-state index contributed by atoms with van der Waals surface area (Å²) in [7, 11) is 0. The molecule has 1 saturated heterocycles. The molecule has 6 nitrogen and oxygen atoms in total. The number of Topliss-reactive ketones (excluding diaryl/α,β-unsaturated/α-hetero) is 1. The number of hydrogen-bond donors (Lipinski definition) is 1. The van der Waals surface area contributed by atoms with Crippen LogP contribution in [0, 0.1) is 6.92 Å². The summed E-state index contributed by atoms with van der Waals surface area (Å²) in [5, 5.41) is 10.2. The molecular formula is C23H33NO5. The Balaban J connectivity index is 1.53. The summed E-state index contributed by atoms with van der Waals surface area (Å²) in [5.74, 6) is 0.746. The largest absolute Gasteiger partial charge is 0.508 e. The molecule has 1 aromatic carbocycles. The van der Waals surface area contributed by atoms with Gasteiger partial charge in [-0.2, -0.15) is 0 Å². The average Bonchev–Trinajstić information content (AvgIpc) is 3.00. The minimum Gasteiger partial charge on any atom is -0.508 e. The molecule has 6 heteroatoms. The van der Waals surface area contributed by atoms with E-state index < -0.39 is 17.7 Å². The number of benzene rings is 1. The van der Waals surface area contributed by atoms with Crippen LogP contribution < -0.4 is 0 Å². The second-order valence-electron chi connectivity index (χ2n) is 9.22. The Kier molecular flexibility index (Phi) is 6.52. The Hall–Kier alpha value is -2.08. The highest BCUT2D eigenvalue weighted by molar-refractivity contribution is 5.90. The van der Waals surface area contributed by atoms with E-state index in [0.717, 1.165) is 36.8 Å². The van der Waals surface area contributed by atoms with E-state index in [0.29, 0.717) is 24.6 Å². The first kappa shape index (κ1) is 21.6. The molecule has 29 heavy (non-hydrogen) atoms. The molecule has 1 saturated carbocycles. The molecule has 2 fully saturated rings. The molecule has 1 atom stereocenters. The quantitative estimate of drug-likeness (QED) is 0.810. The van der Waals surface area contributed by atoms with Crippen molar-refractivity contribution >= 4 is 11.9 Å². The van der Waals surface area contributed by atoms with Crippen molar-refractivity contribution in [3.63, 3.8) is 0 Å². The molecule has 1 aliphatic carbocycles. The van der Waals surface area contributed by atoms with Crippen LogP contribution in [-0.2, 0) is 14.3 Å². The predicted molar refractivity (Wildman–Crippen MR) is 110 cm³/mol. The highest BCUT2D eigenvalue weighted by atomic mass is 16.6. The normalized spacial score (nSPS) is 25.3. The van der Waals surface area contributed by atoms with Crippen molar-refractivity contribution in [3.8, 4) is 5.75 Å². The molecule has 0 spiro atoms. The van der Waals surface area contributed by atoms with Gasteiger partial charge in [0, 0.05) is 13.0 Å². The van der Waals surface area contributed by atoms with Gasteiger partial charge in [-0.05, 0) is 76.5 Å². The van der Waals surface area contributed by atoms with Crippen molar-refractivity contribution in [3.05, 3.63) is 29.3 Å². The van der Waals surface area contributed by atoms with Crippen LogP contribution >= 0.6 is 0 Å². The fourth-order valence-corrected chi connectivity index (χ4v) is 4.39. The van der Waals surface area contributed by atoms with Gasteiger partial charge >= 0.3 is 6.09 Å². The third-order valence-corrected chi connectivity index (χ3v) is 5.85. The van der Waals surface area contributed by atoms with Crippen LogP contribution in [0.1, 0.15) is 69.9 Å². The molecule has 160 valence electrons. The number of phenolic OH excluding ortho intramolecular Hbond substituents is 1. The van der Waals surface area contributed by atoms with Crippen molar-refractivity contribution in [2.45, 2.75) is 83.5 Å². The van der Waals surface area contributed by atoms with E-state index in [1.54, 1.807) is 6.07 Å². The molecule has 0 bridgehead atoms. The van der Waals surface area contributed by atoms with Crippen molar-refractivity contribution in [1.82, 2.24) is 4.90 Å². The molecule has 1 heterocycles. The fourth-order valence-electron chi connectivity index (χ4n) is 4.39. The van der Waals surface area contributed by atoms with Crippen LogP contribution in [-0.4, -0.2) is 52.8 Å². The summed E-state index contributed by atoms with van der Waals surface area (Å²) >= 11 is 0. The summed E-state index contributed by atoms with van der Waals surface area (Å²) in [6.45, 7) is 8.11. The number of ether oxygens (including phenoxy) is 2. The van der Waals surface area contributed by atoms with E-state index in [1.165, 1.54) is 4.90 Å². The van der Waals surface area contributed by atoms with Crippen LogP contribution in [0.5, 0.6) is 5.75 Å². The van der Waals surface area contributed by atoms with Gasteiger partial charge in [-0.1, -0.05) is 12.1 Å². The monoisotopic (exact) mass is 403 g/mol. The van der Waals surface area contributed by atoms with Crippen LogP contribution in [0.2, 0.25) is 0 Å². The minimum absolute atomic E-state index is 0.0365. The van der Waals surface area contributed by atoms with Gasteiger partial charge in [-0.3, -0.25) is 9.69 Å². The summed E-state index contributed by atoms with van der Waals surface area (Å²) < 4.78 is 11.5. The van der Waals surface area contributed by atoms with Crippen molar-refractivity contribution < 1.29 is 24.2 Å². The first-order chi connectivity index (χ1) is 13.7. The lowest BCUT2D eigenvalue weighted by Gasteiger charge is -2.32. The molecule has 3 rings (SSSR count). The second kappa shape index (κ2) is 8.74. The van der Waals surface area contributed by atoms with Crippen LogP contribution in [0.15, 0.2) is 18.2 Å². The van der Waals surface area contributed by atoms with Crippen molar-refractivity contribution in [2.75, 3.05) is 13.2 Å². The topological polar surface area (TPSA) is 76.1 Å². The lowest BCUT2D eigenvalue weighted by atomic mass is 9.80. The number of aromatic hydroxyl groups is 1. The first-order valence-corrected chi connectivity index (χ1v) is 10.6. The lowest BCUT2D eigenvalue weighted by Crippen LogP contribution is -2.44. The van der Waals surface area contributed by atoms with E-state index in [4.69, 9.17) is 9.47 Å². The number of nitrogens with zero attached hydrogens (tertiary/aromatic N) is 1. The Bertz CT molecular complexity index is 726. The Morgan fingerprint density at radius 2 is 1.90 bits per heavy atom. The third-order valence-electron chi connectivity index (χ3n) is 5.85. The number of aryl methyl sites for hydroxylation is 1. The number of likely N-dealkylation sites (tertiary alicyclic amines) is 1. The van der Waals surface area contributed by atoms with E-state index in [1.807, 2.05) is 39.8 Å². The molecule has 1 amide bonds. The van der Waals surface area contributed by atoms with Gasteiger partial charge in [-0.25, -0.2) is 4.79 Å². The number of carbonyl (C=O) groups is 2. The predicted octanol–water partition coefficient (Wildman–Crippen LogP) is 4.32. The summed E-state index contributed by atoms with van der Waals surface area (Å²) in [4.78, 5) is 26.2. The van der Waals surface area contributed by atoms with Crippen LogP contribution in [0.4, 0.5) is 4.79 Å². The summed E-state index contributed by atoms with van der Waals surface area (Å²) in [5.41, 5.74) is 1.58. The van der Waals surface area contributed by atoms with Crippen molar-refractivity contribution in [1.29, 1.82) is 0 Å². The standard InChI is InChI=1S/C23H33NO5/c1-15-6-5-7-20(26)21(15)16-8-10-17(11-9-16)28-14-18-19(25)12-13-24(18)22(27)29-23(2,3)4/h5-7,16-18,26H,8-14H2,1-4H3/t16-,17+,18?. The molecule has 1 aliphatic heterocycles. The van der Waals surface area contributed by atoms with Crippen LogP contribution in [0.3, 0.4) is 0 Å². The number of rotatable bonds is 4. The van der Waals surface area contributed by atoms with Gasteiger partial charge in [0.05, 0.1) is 12.7 Å². The van der Waals surface area contributed by atoms with E-state index in [9.17, 15) is 14.7 Å². The zero-order chi connectivity index (χ0) is 21.2. The zero-order valence-corrected chi connectivity index (χ0v) is 17.9. The molecule has 1 unspecified atom stereocenters. The molecule has 0 radical (unpaired) electrons. The zero-order valence-electron chi connectivity index (χ0n) is 17.9. The Labute approximate surface area is 173 Å². The van der Waals surface area contributed by atoms with E-state index in [2.05, 4.69) is 0 Å². The number of phenols is 1. The van der Waals surface area contributed by atoms with Gasteiger partial charge in [0.1, 0.15) is 17.4 Å². The van der Waals surface area contributed by atoms with Gasteiger partial charge in [0.15, 0.2) is 5.78 Å². The maximum atomic E-state index is 12.4. The second-order valence-corrected chi connectivity index (χ2v) is 9.22. The molecule has 0 aromatic heterocycles. The minimum atomic E-state index is -0.590. The van der Waals surface area contributed by atoms with Gasteiger partial charge in [0.25, 0.3) is 0 Å². The van der Waals surface area contributed by atoms with Gasteiger partial charge < -0.3 is 14.6 Å². The fraction of sp³-hybridized carbons (Fsp3) is 0.652. The van der Waals surface area contributed by atoms with Gasteiger partial charge in [0.2, 0.25) is 0 Å². The number of ketones is 1. The molecule has 1 aromatic rings. The molecule has 1 N–H and O–H groups in total. The first-order valence-electron chi connectivity index (χ1n) is 10.6. The van der Waals surface area contributed by atoms with E-state index in [-0.39, 0.29) is 18.5 Å². The average molecular weight is 404 g/mol. The molecular weight excluding hydrogens is 370 g/mol. The highest BCUT2D eigenvalue weighted by Crippen LogP contribution is 2.39. The Morgan fingerprint density at radius 3 is 2.52 bits per heavy atom. The number of hydrogen-bond acceptors (Lipinski definition) is 5. The lowest BCUT2D eigenvalue weighted by molar-refractivity contribution is -0.122. The maximum Gasteiger partial charge on any atom is 0.410 e. The van der Waals surface area contributed by atoms with Crippen LogP contribution in [0.25, 0.3) is 0 Å². The van der Waals surface area contributed by atoms with Gasteiger partial charge in [-0.15, -0.1) is 0 Å². The van der Waals surface area contributed by atoms with Crippen molar-refractivity contribution in [2.24, 2.45) is 0 Å². The molecule has 2 aliphatic rings. The third kappa shape index (κ3) is 5.30. The number of amides is 1.